The third-order valence-electron chi connectivity index (χ3n) is 3.14. The van der Waals surface area contributed by atoms with Gasteiger partial charge in [-0.1, -0.05) is 24.3 Å². The highest BCUT2D eigenvalue weighted by molar-refractivity contribution is 5.84. The molecular weight excluding hydrogens is 234 g/mol. The number of nitrogens with zero attached hydrogens (tertiary/aromatic N) is 2. The van der Waals surface area contributed by atoms with Crippen LogP contribution in [0.15, 0.2) is 61.2 Å². The zero-order valence-electron chi connectivity index (χ0n) is 10.6. The number of hydrogen-bond acceptors (Lipinski definition) is 3. The first-order valence-electron chi connectivity index (χ1n) is 6.35. The van der Waals surface area contributed by atoms with Crippen LogP contribution in [0.5, 0.6) is 0 Å². The third-order valence-corrected chi connectivity index (χ3v) is 3.14. The molecule has 2 aromatic heterocycles. The minimum atomic E-state index is 0.829. The van der Waals surface area contributed by atoms with E-state index < -0.39 is 0 Å². The maximum Gasteiger partial charge on any atom is 0.0346 e. The maximum absolute atomic E-state index is 4.15. The molecule has 3 rings (SSSR count). The van der Waals surface area contributed by atoms with Crippen molar-refractivity contribution in [1.29, 1.82) is 0 Å². The molecule has 0 fully saturated rings. The topological polar surface area (TPSA) is 37.8 Å². The van der Waals surface area contributed by atoms with Crippen molar-refractivity contribution < 1.29 is 0 Å². The summed E-state index contributed by atoms with van der Waals surface area (Å²) in [5, 5.41) is 5.89. The van der Waals surface area contributed by atoms with Crippen molar-refractivity contribution in [2.75, 3.05) is 0 Å². The summed E-state index contributed by atoms with van der Waals surface area (Å²) in [6.45, 7) is 1.67. The van der Waals surface area contributed by atoms with E-state index in [2.05, 4.69) is 45.6 Å². The summed E-state index contributed by atoms with van der Waals surface area (Å²) >= 11 is 0. The summed E-state index contributed by atoms with van der Waals surface area (Å²) in [6.07, 6.45) is 7.42. The zero-order chi connectivity index (χ0) is 12.9. The Morgan fingerprint density at radius 2 is 1.79 bits per heavy atom. The average Bonchev–Trinajstić information content (AvgIpc) is 2.49. The second-order valence-electron chi connectivity index (χ2n) is 4.48. The van der Waals surface area contributed by atoms with Crippen LogP contribution in [0.4, 0.5) is 0 Å². The van der Waals surface area contributed by atoms with Crippen LogP contribution >= 0.6 is 0 Å². The Bertz CT molecular complexity index is 660. The van der Waals surface area contributed by atoms with Crippen molar-refractivity contribution in [2.24, 2.45) is 0 Å². The van der Waals surface area contributed by atoms with Gasteiger partial charge in [-0.15, -0.1) is 0 Å². The molecule has 3 aromatic rings. The van der Waals surface area contributed by atoms with Crippen molar-refractivity contribution in [3.8, 4) is 0 Å². The van der Waals surface area contributed by atoms with E-state index in [1.165, 1.54) is 21.9 Å². The van der Waals surface area contributed by atoms with Gasteiger partial charge in [-0.2, -0.15) is 0 Å². The van der Waals surface area contributed by atoms with Gasteiger partial charge in [0.25, 0.3) is 0 Å². The quantitative estimate of drug-likeness (QED) is 0.772. The van der Waals surface area contributed by atoms with Crippen molar-refractivity contribution in [3.63, 3.8) is 0 Å². The van der Waals surface area contributed by atoms with Gasteiger partial charge in [0.1, 0.15) is 0 Å². The summed E-state index contributed by atoms with van der Waals surface area (Å²) in [5.74, 6) is 0. The Balaban J connectivity index is 1.72. The molecular formula is C16H15N3. The van der Waals surface area contributed by atoms with Crippen LogP contribution in [-0.4, -0.2) is 9.97 Å². The number of hydrogen-bond donors (Lipinski definition) is 1. The smallest absolute Gasteiger partial charge is 0.0346 e. The monoisotopic (exact) mass is 249 g/mol. The molecule has 3 heteroatoms. The van der Waals surface area contributed by atoms with Gasteiger partial charge >= 0.3 is 0 Å². The number of nitrogens with one attached hydrogen (secondary N) is 1. The largest absolute Gasteiger partial charge is 0.309 e. The molecule has 0 radical (unpaired) electrons. The predicted octanol–water partition coefficient (Wildman–Crippen LogP) is 2.92. The Kier molecular flexibility index (Phi) is 3.47. The van der Waals surface area contributed by atoms with Crippen LogP contribution in [0.2, 0.25) is 0 Å². The van der Waals surface area contributed by atoms with E-state index in [0.29, 0.717) is 0 Å². The molecule has 0 saturated carbocycles. The van der Waals surface area contributed by atoms with Crippen LogP contribution in [0.1, 0.15) is 11.1 Å². The van der Waals surface area contributed by atoms with E-state index >= 15 is 0 Å². The van der Waals surface area contributed by atoms with Crippen LogP contribution in [0.25, 0.3) is 10.8 Å². The predicted molar refractivity (Wildman–Crippen MR) is 76.5 cm³/mol. The van der Waals surface area contributed by atoms with Gasteiger partial charge in [0, 0.05) is 43.3 Å². The molecule has 0 amide bonds. The lowest BCUT2D eigenvalue weighted by molar-refractivity contribution is 0.694. The lowest BCUT2D eigenvalue weighted by atomic mass is 10.1. The normalized spacial score (nSPS) is 10.7. The van der Waals surface area contributed by atoms with Gasteiger partial charge < -0.3 is 5.32 Å². The van der Waals surface area contributed by atoms with E-state index in [1.807, 2.05) is 24.7 Å². The molecule has 1 N–H and O–H groups in total. The van der Waals surface area contributed by atoms with Gasteiger partial charge in [0.15, 0.2) is 0 Å². The molecule has 0 bridgehead atoms. The molecule has 0 unspecified atom stereocenters. The Morgan fingerprint density at radius 3 is 2.68 bits per heavy atom. The number of aromatic nitrogens is 2. The number of benzene rings is 1. The van der Waals surface area contributed by atoms with Gasteiger partial charge in [-0.3, -0.25) is 9.97 Å². The van der Waals surface area contributed by atoms with Crippen LogP contribution < -0.4 is 5.32 Å². The third kappa shape index (κ3) is 2.77. The van der Waals surface area contributed by atoms with E-state index in [0.717, 1.165) is 13.1 Å². The fourth-order valence-corrected chi connectivity index (χ4v) is 2.19. The second-order valence-corrected chi connectivity index (χ2v) is 4.48. The molecule has 0 aliphatic carbocycles. The Morgan fingerprint density at radius 1 is 0.842 bits per heavy atom. The molecule has 1 aromatic carbocycles. The first-order valence-corrected chi connectivity index (χ1v) is 6.35. The zero-order valence-corrected chi connectivity index (χ0v) is 10.6. The number of rotatable bonds is 4. The Hall–Kier alpha value is -2.26. The summed E-state index contributed by atoms with van der Waals surface area (Å²) in [6, 6.07) is 12.4. The summed E-state index contributed by atoms with van der Waals surface area (Å²) in [7, 11) is 0. The van der Waals surface area contributed by atoms with Gasteiger partial charge in [-0.05, 0) is 28.6 Å². The SMILES string of the molecule is c1cncc(CNCc2cccc3cnccc23)c1. The van der Waals surface area contributed by atoms with Crippen molar-refractivity contribution in [3.05, 3.63) is 72.3 Å². The van der Waals surface area contributed by atoms with E-state index in [9.17, 15) is 0 Å². The fraction of sp³-hybridized carbons (Fsp3) is 0.125. The van der Waals surface area contributed by atoms with Gasteiger partial charge in [0.2, 0.25) is 0 Å². The molecule has 0 atom stereocenters. The standard InChI is InChI=1S/C16H15N3/c1-4-14-11-18-8-6-16(14)15(5-1)12-19-10-13-3-2-7-17-9-13/h1-9,11,19H,10,12H2. The number of fused-ring (bicyclic) bond motifs is 1. The van der Waals surface area contributed by atoms with E-state index in [-0.39, 0.29) is 0 Å². The highest BCUT2D eigenvalue weighted by Crippen LogP contribution is 2.17. The first kappa shape index (κ1) is 11.8. The lowest BCUT2D eigenvalue weighted by Crippen LogP contribution is -2.13. The molecule has 0 aliphatic rings. The van der Waals surface area contributed by atoms with Crippen LogP contribution in [-0.2, 0) is 13.1 Å². The minimum Gasteiger partial charge on any atom is -0.309 e. The molecule has 3 nitrogen and oxygen atoms in total. The number of pyridine rings is 2. The minimum absolute atomic E-state index is 0.829. The molecule has 0 spiro atoms. The van der Waals surface area contributed by atoms with Gasteiger partial charge in [0.05, 0.1) is 0 Å². The molecule has 94 valence electrons. The molecule has 19 heavy (non-hydrogen) atoms. The highest BCUT2D eigenvalue weighted by Gasteiger charge is 2.00. The summed E-state index contributed by atoms with van der Waals surface area (Å²) in [4.78, 5) is 8.27. The van der Waals surface area contributed by atoms with Crippen molar-refractivity contribution in [2.45, 2.75) is 13.1 Å². The lowest BCUT2D eigenvalue weighted by Gasteiger charge is -2.08. The van der Waals surface area contributed by atoms with Crippen LogP contribution in [0, 0.1) is 0 Å². The van der Waals surface area contributed by atoms with Crippen molar-refractivity contribution in [1.82, 2.24) is 15.3 Å². The second kappa shape index (κ2) is 5.59. The molecule has 0 aliphatic heterocycles. The van der Waals surface area contributed by atoms with E-state index in [4.69, 9.17) is 0 Å². The molecule has 0 saturated heterocycles. The van der Waals surface area contributed by atoms with Crippen LogP contribution in [0.3, 0.4) is 0 Å². The molecule has 2 heterocycles. The summed E-state index contributed by atoms with van der Waals surface area (Å²) < 4.78 is 0. The van der Waals surface area contributed by atoms with Crippen molar-refractivity contribution >= 4 is 10.8 Å². The van der Waals surface area contributed by atoms with E-state index in [1.54, 1.807) is 6.20 Å². The average molecular weight is 249 g/mol. The summed E-state index contributed by atoms with van der Waals surface area (Å²) in [5.41, 5.74) is 2.49. The maximum atomic E-state index is 4.15. The fourth-order valence-electron chi connectivity index (χ4n) is 2.19. The van der Waals surface area contributed by atoms with Gasteiger partial charge in [-0.25, -0.2) is 0 Å². The highest BCUT2D eigenvalue weighted by atomic mass is 14.8. The first-order chi connectivity index (χ1) is 9.43. The Labute approximate surface area is 112 Å².